The van der Waals surface area contributed by atoms with Gasteiger partial charge in [0.25, 0.3) is 0 Å². The first-order valence-electron chi connectivity index (χ1n) is 6.86. The smallest absolute Gasteiger partial charge is 0.132 e. The van der Waals surface area contributed by atoms with Crippen LogP contribution in [0, 0.1) is 5.82 Å². The highest BCUT2D eigenvalue weighted by Crippen LogP contribution is 2.33. The van der Waals surface area contributed by atoms with Gasteiger partial charge in [0.1, 0.15) is 10.8 Å². The van der Waals surface area contributed by atoms with Crippen LogP contribution in [0.3, 0.4) is 0 Å². The molecule has 2 aromatic heterocycles. The molecule has 2 nitrogen and oxygen atoms in total. The molecule has 0 atom stereocenters. The Bertz CT molecular complexity index is 957. The highest BCUT2D eigenvalue weighted by molar-refractivity contribution is 7.13. The Hall–Kier alpha value is -2.59. The van der Waals surface area contributed by atoms with Gasteiger partial charge in [0, 0.05) is 34.3 Å². The monoisotopic (exact) mass is 306 g/mol. The van der Waals surface area contributed by atoms with E-state index < -0.39 is 0 Å². The minimum Gasteiger partial charge on any atom is -0.263 e. The molecule has 0 aliphatic carbocycles. The van der Waals surface area contributed by atoms with Crippen molar-refractivity contribution in [1.29, 1.82) is 0 Å². The van der Waals surface area contributed by atoms with Gasteiger partial charge in [-0.25, -0.2) is 9.37 Å². The van der Waals surface area contributed by atoms with Crippen molar-refractivity contribution >= 4 is 22.1 Å². The third-order valence-electron chi connectivity index (χ3n) is 3.55. The van der Waals surface area contributed by atoms with E-state index in [9.17, 15) is 4.39 Å². The Morgan fingerprint density at radius 1 is 0.864 bits per heavy atom. The molecule has 0 bridgehead atoms. The Balaban J connectivity index is 1.86. The summed E-state index contributed by atoms with van der Waals surface area (Å²) in [4.78, 5) is 8.88. The van der Waals surface area contributed by atoms with E-state index in [2.05, 4.69) is 16.0 Å². The first kappa shape index (κ1) is 13.1. The molecule has 0 aliphatic heterocycles. The van der Waals surface area contributed by atoms with Crippen LogP contribution in [0.5, 0.6) is 0 Å². The molecule has 4 heteroatoms. The van der Waals surface area contributed by atoms with Gasteiger partial charge in [0.05, 0.1) is 5.69 Å². The number of hydrogen-bond donors (Lipinski definition) is 0. The number of hydrogen-bond acceptors (Lipinski definition) is 3. The first-order chi connectivity index (χ1) is 10.8. The van der Waals surface area contributed by atoms with Crippen molar-refractivity contribution in [2.45, 2.75) is 0 Å². The number of rotatable bonds is 2. The third kappa shape index (κ3) is 2.18. The average Bonchev–Trinajstić information content (AvgIpc) is 3.04. The molecule has 22 heavy (non-hydrogen) atoms. The molecule has 0 fully saturated rings. The number of aromatic nitrogens is 2. The molecule has 106 valence electrons. The first-order valence-corrected chi connectivity index (χ1v) is 7.74. The molecule has 0 unspecified atom stereocenters. The second-order valence-electron chi connectivity index (χ2n) is 4.93. The highest BCUT2D eigenvalue weighted by atomic mass is 32.1. The predicted molar refractivity (Wildman–Crippen MR) is 88.2 cm³/mol. The second kappa shape index (κ2) is 5.31. The third-order valence-corrected chi connectivity index (χ3v) is 4.43. The summed E-state index contributed by atoms with van der Waals surface area (Å²) in [5.41, 5.74) is 2.16. The van der Waals surface area contributed by atoms with Gasteiger partial charge in [-0.3, -0.25) is 4.98 Å². The van der Waals surface area contributed by atoms with Crippen LogP contribution in [0.2, 0.25) is 0 Å². The quantitative estimate of drug-likeness (QED) is 0.511. The summed E-state index contributed by atoms with van der Waals surface area (Å²) in [7, 11) is 0. The molecule has 0 N–H and O–H groups in total. The van der Waals surface area contributed by atoms with Crippen molar-refractivity contribution < 1.29 is 4.39 Å². The van der Waals surface area contributed by atoms with Gasteiger partial charge in [-0.2, -0.15) is 0 Å². The van der Waals surface area contributed by atoms with Gasteiger partial charge < -0.3 is 0 Å². The molecule has 4 aromatic rings. The van der Waals surface area contributed by atoms with E-state index in [0.29, 0.717) is 11.3 Å². The molecule has 0 saturated carbocycles. The van der Waals surface area contributed by atoms with E-state index in [1.54, 1.807) is 12.1 Å². The number of halogens is 1. The van der Waals surface area contributed by atoms with Crippen LogP contribution in [0.15, 0.2) is 66.3 Å². The van der Waals surface area contributed by atoms with Crippen molar-refractivity contribution in [1.82, 2.24) is 9.97 Å². The van der Waals surface area contributed by atoms with Crippen LogP contribution in [0.25, 0.3) is 32.6 Å². The minimum absolute atomic E-state index is 0.254. The van der Waals surface area contributed by atoms with E-state index in [1.807, 2.05) is 42.0 Å². The highest BCUT2D eigenvalue weighted by Gasteiger charge is 2.12. The van der Waals surface area contributed by atoms with E-state index in [0.717, 1.165) is 21.3 Å². The van der Waals surface area contributed by atoms with Gasteiger partial charge in [-0.15, -0.1) is 11.3 Å². The topological polar surface area (TPSA) is 25.8 Å². The summed E-state index contributed by atoms with van der Waals surface area (Å²) in [5.74, 6) is -0.254. The summed E-state index contributed by atoms with van der Waals surface area (Å²) < 4.78 is 13.9. The maximum Gasteiger partial charge on any atom is 0.132 e. The maximum absolute atomic E-state index is 13.9. The van der Waals surface area contributed by atoms with Gasteiger partial charge in [0.15, 0.2) is 0 Å². The Labute approximate surface area is 130 Å². The molecule has 0 saturated heterocycles. The second-order valence-corrected chi connectivity index (χ2v) is 5.78. The lowest BCUT2D eigenvalue weighted by atomic mass is 10.1. The summed E-state index contributed by atoms with van der Waals surface area (Å²) >= 11 is 1.50. The van der Waals surface area contributed by atoms with Gasteiger partial charge in [-0.05, 0) is 17.5 Å². The number of fused-ring (bicyclic) bond motifs is 1. The summed E-state index contributed by atoms with van der Waals surface area (Å²) in [6.07, 6.45) is 3.65. The van der Waals surface area contributed by atoms with Gasteiger partial charge in [0.2, 0.25) is 0 Å². The molecule has 0 spiro atoms. The lowest BCUT2D eigenvalue weighted by Crippen LogP contribution is -1.85. The van der Waals surface area contributed by atoms with Crippen molar-refractivity contribution in [3.8, 4) is 21.8 Å². The Kier molecular flexibility index (Phi) is 3.16. The van der Waals surface area contributed by atoms with Gasteiger partial charge >= 0.3 is 0 Å². The van der Waals surface area contributed by atoms with Crippen LogP contribution in [-0.2, 0) is 0 Å². The lowest BCUT2D eigenvalue weighted by molar-refractivity contribution is 0.631. The van der Waals surface area contributed by atoms with Crippen molar-refractivity contribution in [3.63, 3.8) is 0 Å². The molecule has 0 amide bonds. The minimum atomic E-state index is -0.254. The number of benzene rings is 2. The molecule has 2 aromatic carbocycles. The largest absolute Gasteiger partial charge is 0.263 e. The van der Waals surface area contributed by atoms with Crippen molar-refractivity contribution in [2.24, 2.45) is 0 Å². The van der Waals surface area contributed by atoms with E-state index in [1.165, 1.54) is 17.4 Å². The molecule has 4 rings (SSSR count). The van der Waals surface area contributed by atoms with E-state index >= 15 is 0 Å². The van der Waals surface area contributed by atoms with Crippen LogP contribution >= 0.6 is 11.3 Å². The normalized spacial score (nSPS) is 11.0. The van der Waals surface area contributed by atoms with Gasteiger partial charge in [-0.1, -0.05) is 36.4 Å². The van der Waals surface area contributed by atoms with Crippen molar-refractivity contribution in [3.05, 3.63) is 72.1 Å². The zero-order valence-corrected chi connectivity index (χ0v) is 12.3. The van der Waals surface area contributed by atoms with Crippen LogP contribution < -0.4 is 0 Å². The fraction of sp³-hybridized carbons (Fsp3) is 0. The summed E-state index contributed by atoms with van der Waals surface area (Å²) in [5, 5.41) is 4.91. The van der Waals surface area contributed by atoms with Crippen LogP contribution in [-0.4, -0.2) is 9.97 Å². The molecule has 0 aliphatic rings. The molecule has 2 heterocycles. The lowest BCUT2D eigenvalue weighted by Gasteiger charge is -2.02. The predicted octanol–water partition coefficient (Wildman–Crippen LogP) is 5.16. The molecular formula is C18H11FN2S. The van der Waals surface area contributed by atoms with Crippen molar-refractivity contribution in [2.75, 3.05) is 0 Å². The Morgan fingerprint density at radius 2 is 1.68 bits per heavy atom. The van der Waals surface area contributed by atoms with E-state index in [4.69, 9.17) is 0 Å². The van der Waals surface area contributed by atoms with E-state index in [-0.39, 0.29) is 5.82 Å². The number of thiazole rings is 1. The maximum atomic E-state index is 13.9. The van der Waals surface area contributed by atoms with Crippen LogP contribution in [0.4, 0.5) is 4.39 Å². The zero-order valence-electron chi connectivity index (χ0n) is 11.5. The summed E-state index contributed by atoms with van der Waals surface area (Å²) in [6.45, 7) is 0. The molecule has 0 radical (unpaired) electrons. The SMILES string of the molecule is Fc1ccccc1-c1csc(-c2cncc3ccccc23)n1. The van der Waals surface area contributed by atoms with Crippen LogP contribution in [0.1, 0.15) is 0 Å². The fourth-order valence-electron chi connectivity index (χ4n) is 2.48. The molecular weight excluding hydrogens is 295 g/mol. The number of pyridine rings is 1. The number of nitrogens with zero attached hydrogens (tertiary/aromatic N) is 2. The average molecular weight is 306 g/mol. The Morgan fingerprint density at radius 3 is 2.59 bits per heavy atom. The fourth-order valence-corrected chi connectivity index (χ4v) is 3.32. The zero-order chi connectivity index (χ0) is 14.9. The standard InChI is InChI=1S/C18H11FN2S/c19-16-8-4-3-7-14(16)17-11-22-18(21-17)15-10-20-9-12-5-1-2-6-13(12)15/h1-11H. The summed E-state index contributed by atoms with van der Waals surface area (Å²) in [6, 6.07) is 14.8.